The number of hydrogen-bond donors (Lipinski definition) is 2. The van der Waals surface area contributed by atoms with Gasteiger partial charge in [0.05, 0.1) is 22.3 Å². The predicted molar refractivity (Wildman–Crippen MR) is 186 cm³/mol. The number of aliphatic imine (C=N–C) groups is 1. The van der Waals surface area contributed by atoms with Crippen molar-refractivity contribution in [2.75, 3.05) is 20.2 Å². The lowest BCUT2D eigenvalue weighted by Gasteiger charge is -2.40. The second-order valence-corrected chi connectivity index (χ2v) is 14.3. The molecule has 1 N–H and O–H groups in total. The van der Waals surface area contributed by atoms with Crippen LogP contribution in [-0.4, -0.2) is 64.2 Å². The number of carbonyl (C=O) groups excluding carboxylic acids is 1. The van der Waals surface area contributed by atoms with Gasteiger partial charge in [0.1, 0.15) is 24.9 Å². The number of fused-ring (bicyclic) bond motifs is 1. The Balaban J connectivity index is 1.49. The monoisotopic (exact) mass is 638 g/mol. The Labute approximate surface area is 279 Å². The van der Waals surface area contributed by atoms with E-state index in [2.05, 4.69) is 112 Å². The van der Waals surface area contributed by atoms with Crippen molar-refractivity contribution in [3.63, 3.8) is 0 Å². The van der Waals surface area contributed by atoms with Gasteiger partial charge in [-0.3, -0.25) is 9.89 Å². The number of nitrogens with zero attached hydrogens (tertiary/aromatic N) is 5. The van der Waals surface area contributed by atoms with E-state index in [0.29, 0.717) is 35.7 Å². The van der Waals surface area contributed by atoms with Gasteiger partial charge in [0, 0.05) is 43.3 Å². The third kappa shape index (κ3) is 7.73. The molecule has 3 aliphatic rings. The van der Waals surface area contributed by atoms with Gasteiger partial charge in [-0.25, -0.2) is 4.98 Å². The lowest BCUT2D eigenvalue weighted by Crippen LogP contribution is -2.50. The summed E-state index contributed by atoms with van der Waals surface area (Å²) in [7, 11) is 2.06. The van der Waals surface area contributed by atoms with Crippen molar-refractivity contribution in [1.29, 1.82) is 0 Å². The molecule has 3 heterocycles. The number of aryl methyl sites for hydroxylation is 1. The molecule has 242 valence electrons. The first kappa shape index (κ1) is 33.5. The molecule has 0 bridgehead atoms. The van der Waals surface area contributed by atoms with E-state index in [-0.39, 0.29) is 17.6 Å². The zero-order valence-corrected chi connectivity index (χ0v) is 29.2. The average molecular weight is 639 g/mol. The van der Waals surface area contributed by atoms with Crippen LogP contribution in [0.1, 0.15) is 77.5 Å². The fourth-order valence-corrected chi connectivity index (χ4v) is 6.75. The zero-order valence-electron chi connectivity index (χ0n) is 28.3. The second kappa shape index (κ2) is 13.9. The zero-order chi connectivity index (χ0) is 33.2. The summed E-state index contributed by atoms with van der Waals surface area (Å²) in [5, 5.41) is 3.66. The number of carbonyl (C=O) groups is 1. The molecule has 0 saturated carbocycles. The van der Waals surface area contributed by atoms with Crippen molar-refractivity contribution in [2.45, 2.75) is 84.5 Å². The largest absolute Gasteiger partial charge is 0.476 e. The van der Waals surface area contributed by atoms with Crippen molar-refractivity contribution in [3.05, 3.63) is 88.8 Å². The minimum atomic E-state index is -0.577. The molecule has 9 heteroatoms. The molecule has 0 radical (unpaired) electrons. The fourth-order valence-electron chi connectivity index (χ4n) is 6.54. The van der Waals surface area contributed by atoms with Crippen LogP contribution < -0.4 is 10.1 Å². The molecule has 0 spiro atoms. The van der Waals surface area contributed by atoms with Crippen molar-refractivity contribution >= 4 is 30.2 Å². The number of aldehydes is 1. The SMILES string of the molecule is CC1=CC2=NC=C(CN(C(COc3cc(C4=C(C)C=CCC4C)nc(C)n3)CC(C)(C)C)C(C=O)c3cc#cc(S)c3)NC2N1C. The van der Waals surface area contributed by atoms with Gasteiger partial charge in [0.25, 0.3) is 0 Å². The maximum atomic E-state index is 13.0. The van der Waals surface area contributed by atoms with Crippen molar-refractivity contribution < 1.29 is 9.53 Å². The maximum absolute atomic E-state index is 13.0. The van der Waals surface area contributed by atoms with Crippen LogP contribution in [0, 0.1) is 30.4 Å². The molecule has 4 atom stereocenters. The van der Waals surface area contributed by atoms with E-state index >= 15 is 0 Å². The Bertz CT molecular complexity index is 1620. The van der Waals surface area contributed by atoms with Crippen LogP contribution in [0.15, 0.2) is 69.5 Å². The van der Waals surface area contributed by atoms with E-state index in [4.69, 9.17) is 14.7 Å². The summed E-state index contributed by atoms with van der Waals surface area (Å²) in [6.07, 6.45) is 11.1. The topological polar surface area (TPSA) is 83.0 Å². The van der Waals surface area contributed by atoms with Crippen LogP contribution in [0.25, 0.3) is 5.57 Å². The minimum Gasteiger partial charge on any atom is -0.476 e. The Kier molecular flexibility index (Phi) is 10.1. The van der Waals surface area contributed by atoms with Gasteiger partial charge in [-0.2, -0.15) is 4.98 Å². The fraction of sp³-hybridized carbons (Fsp3) is 0.459. The first-order chi connectivity index (χ1) is 21.8. The van der Waals surface area contributed by atoms with E-state index in [1.54, 1.807) is 0 Å². The number of thiol groups is 1. The van der Waals surface area contributed by atoms with E-state index in [9.17, 15) is 4.79 Å². The van der Waals surface area contributed by atoms with Gasteiger partial charge in [-0.05, 0) is 79.9 Å². The van der Waals surface area contributed by atoms with Crippen LogP contribution in [0.5, 0.6) is 5.88 Å². The Morgan fingerprint density at radius 1 is 1.24 bits per heavy atom. The summed E-state index contributed by atoms with van der Waals surface area (Å²) in [6.45, 7) is 15.8. The molecular weight excluding hydrogens is 593 g/mol. The van der Waals surface area contributed by atoms with Crippen molar-refractivity contribution in [2.24, 2.45) is 16.3 Å². The van der Waals surface area contributed by atoms with E-state index < -0.39 is 6.04 Å². The summed E-state index contributed by atoms with van der Waals surface area (Å²) in [5.74, 6) is 1.56. The van der Waals surface area contributed by atoms with Crippen molar-refractivity contribution in [1.82, 2.24) is 25.1 Å². The number of nitrogens with one attached hydrogen (secondary N) is 1. The van der Waals surface area contributed by atoms with E-state index in [1.165, 1.54) is 11.1 Å². The lowest BCUT2D eigenvalue weighted by molar-refractivity contribution is -0.114. The molecule has 2 aliphatic heterocycles. The minimum absolute atomic E-state index is 0.0465. The number of aromatic nitrogens is 2. The van der Waals surface area contributed by atoms with Crippen LogP contribution in [0.4, 0.5) is 0 Å². The summed E-state index contributed by atoms with van der Waals surface area (Å²) >= 11 is 4.51. The molecule has 0 fully saturated rings. The molecule has 46 heavy (non-hydrogen) atoms. The van der Waals surface area contributed by atoms with Gasteiger partial charge in [-0.1, -0.05) is 52.0 Å². The number of allylic oxidation sites excluding steroid dienone is 5. The van der Waals surface area contributed by atoms with Gasteiger partial charge < -0.3 is 19.7 Å². The molecule has 4 unspecified atom stereocenters. The molecule has 0 amide bonds. The first-order valence-corrected chi connectivity index (χ1v) is 16.4. The summed E-state index contributed by atoms with van der Waals surface area (Å²) in [5.41, 5.74) is 7.13. The summed E-state index contributed by atoms with van der Waals surface area (Å²) in [6, 6.07) is 10.9. The van der Waals surface area contributed by atoms with E-state index in [0.717, 1.165) is 47.5 Å². The third-order valence-corrected chi connectivity index (χ3v) is 9.04. The predicted octanol–water partition coefficient (Wildman–Crippen LogP) is 6.53. The van der Waals surface area contributed by atoms with Crippen LogP contribution in [-0.2, 0) is 4.79 Å². The number of rotatable bonds is 11. The van der Waals surface area contributed by atoms with Crippen molar-refractivity contribution in [3.8, 4) is 5.88 Å². The molecule has 2 aromatic rings. The van der Waals surface area contributed by atoms with Crippen LogP contribution >= 0.6 is 12.6 Å². The standard InChI is InChI=1S/C37H46N6O2S/c1-23-11-9-12-24(2)35(23)31-17-34(40-26(4)39-31)45-22-29(18-37(5,6)7)43(33(21-44)27-13-10-14-30(46)16-27)20-28-19-38-32-15-25(3)42(8)36(32)41-28/h9,11,13,15-17,19,21,24,29,33,36,41,46H,12,18,20,22H2,1-8H3. The highest BCUT2D eigenvalue weighted by Gasteiger charge is 2.35. The molecule has 5 rings (SSSR count). The number of ether oxygens (including phenoxy) is 1. The number of hydrogen-bond acceptors (Lipinski definition) is 9. The second-order valence-electron chi connectivity index (χ2n) is 13.9. The molecular formula is C37H46N6O2S. The molecule has 8 nitrogen and oxygen atoms in total. The van der Waals surface area contributed by atoms with E-state index in [1.807, 2.05) is 31.3 Å². The summed E-state index contributed by atoms with van der Waals surface area (Å²) < 4.78 is 6.56. The van der Waals surface area contributed by atoms with Gasteiger partial charge in [0.2, 0.25) is 5.88 Å². The smallest absolute Gasteiger partial charge is 0.217 e. The lowest BCUT2D eigenvalue weighted by atomic mass is 9.86. The molecule has 1 aromatic heterocycles. The molecule has 1 aliphatic carbocycles. The Morgan fingerprint density at radius 3 is 2.72 bits per heavy atom. The van der Waals surface area contributed by atoms with Gasteiger partial charge in [0.15, 0.2) is 0 Å². The van der Waals surface area contributed by atoms with Crippen LogP contribution in [0.3, 0.4) is 0 Å². The highest BCUT2D eigenvalue weighted by Crippen LogP contribution is 2.35. The van der Waals surface area contributed by atoms with Gasteiger partial charge in [-0.15, -0.1) is 12.6 Å². The summed E-state index contributed by atoms with van der Waals surface area (Å²) in [4.78, 5) is 32.3. The first-order valence-electron chi connectivity index (χ1n) is 16.0. The highest BCUT2D eigenvalue weighted by atomic mass is 32.1. The quantitative estimate of drug-likeness (QED) is 0.214. The Morgan fingerprint density at radius 2 is 2.02 bits per heavy atom. The Hall–Kier alpha value is -3.87. The third-order valence-electron chi connectivity index (χ3n) is 8.80. The molecule has 0 saturated heterocycles. The molecule has 1 aromatic carbocycles. The van der Waals surface area contributed by atoms with Crippen LogP contribution in [0.2, 0.25) is 0 Å². The van der Waals surface area contributed by atoms with Gasteiger partial charge >= 0.3 is 0 Å². The maximum Gasteiger partial charge on any atom is 0.217 e. The highest BCUT2D eigenvalue weighted by molar-refractivity contribution is 7.80. The average Bonchev–Trinajstić information content (AvgIpc) is 3.26. The normalized spacial score (nSPS) is 20.7.